The van der Waals surface area contributed by atoms with Gasteiger partial charge >= 0.3 is 0 Å². The summed E-state index contributed by atoms with van der Waals surface area (Å²) in [6.07, 6.45) is -0.510. The van der Waals surface area contributed by atoms with Crippen LogP contribution in [0.5, 0.6) is 5.75 Å². The molecule has 2 aromatic rings. The molecule has 0 aliphatic heterocycles. The van der Waals surface area contributed by atoms with Gasteiger partial charge in [-0.2, -0.15) is 4.98 Å². The van der Waals surface area contributed by atoms with E-state index >= 15 is 0 Å². The molecule has 0 radical (unpaired) electrons. The van der Waals surface area contributed by atoms with Crippen molar-refractivity contribution in [3.05, 3.63) is 41.5 Å². The van der Waals surface area contributed by atoms with E-state index in [0.29, 0.717) is 17.5 Å². The minimum absolute atomic E-state index is 0.226. The van der Waals surface area contributed by atoms with E-state index in [1.807, 2.05) is 18.2 Å². The maximum Gasteiger partial charge on any atom is 0.264 e. The molecule has 17 heavy (non-hydrogen) atoms. The molecule has 90 valence electrons. The number of ether oxygens (including phenoxy) is 1. The SMILES string of the molecule is Cc1noc(COc2cccc([C@H](C)O)c2)n1. The number of nitrogens with zero attached hydrogens (tertiary/aromatic N) is 2. The Balaban J connectivity index is 2.01. The maximum absolute atomic E-state index is 9.44. The third kappa shape index (κ3) is 3.04. The minimum Gasteiger partial charge on any atom is -0.484 e. The Kier molecular flexibility index (Phi) is 3.39. The van der Waals surface area contributed by atoms with Gasteiger partial charge in [0.15, 0.2) is 12.4 Å². The fourth-order valence-corrected chi connectivity index (χ4v) is 1.41. The van der Waals surface area contributed by atoms with Crippen LogP contribution in [0.2, 0.25) is 0 Å². The predicted molar refractivity (Wildman–Crippen MR) is 60.4 cm³/mol. The predicted octanol–water partition coefficient (Wildman–Crippen LogP) is 2.01. The first-order valence-electron chi connectivity index (χ1n) is 5.35. The van der Waals surface area contributed by atoms with Crippen molar-refractivity contribution in [3.8, 4) is 5.75 Å². The van der Waals surface area contributed by atoms with Crippen molar-refractivity contribution in [1.29, 1.82) is 0 Å². The summed E-state index contributed by atoms with van der Waals surface area (Å²) in [5.41, 5.74) is 0.809. The molecule has 1 N–H and O–H groups in total. The summed E-state index contributed by atoms with van der Waals surface area (Å²) in [5.74, 6) is 1.69. The highest BCUT2D eigenvalue weighted by Crippen LogP contribution is 2.19. The molecule has 5 heteroatoms. The molecular formula is C12H14N2O3. The normalized spacial score (nSPS) is 12.4. The smallest absolute Gasteiger partial charge is 0.264 e. The van der Waals surface area contributed by atoms with Crippen molar-refractivity contribution in [3.63, 3.8) is 0 Å². The Morgan fingerprint density at radius 1 is 1.47 bits per heavy atom. The Bertz CT molecular complexity index is 494. The molecule has 1 aromatic carbocycles. The largest absolute Gasteiger partial charge is 0.484 e. The summed E-state index contributed by atoms with van der Waals surface area (Å²) in [5, 5.41) is 13.1. The van der Waals surface area contributed by atoms with E-state index in [1.54, 1.807) is 19.9 Å². The van der Waals surface area contributed by atoms with Crippen molar-refractivity contribution in [2.24, 2.45) is 0 Å². The van der Waals surface area contributed by atoms with Crippen LogP contribution in [0.15, 0.2) is 28.8 Å². The standard InChI is InChI=1S/C12H14N2O3/c1-8(15)10-4-3-5-11(6-10)16-7-12-13-9(2)14-17-12/h3-6,8,15H,7H2,1-2H3/t8-/m0/s1. The highest BCUT2D eigenvalue weighted by molar-refractivity contribution is 5.29. The average Bonchev–Trinajstić information content (AvgIpc) is 2.73. The topological polar surface area (TPSA) is 68.4 Å². The summed E-state index contributed by atoms with van der Waals surface area (Å²) in [7, 11) is 0. The summed E-state index contributed by atoms with van der Waals surface area (Å²) >= 11 is 0. The molecule has 0 aliphatic carbocycles. The third-order valence-corrected chi connectivity index (χ3v) is 2.27. The Hall–Kier alpha value is -1.88. The van der Waals surface area contributed by atoms with Crippen molar-refractivity contribution >= 4 is 0 Å². The molecule has 0 fully saturated rings. The van der Waals surface area contributed by atoms with E-state index in [-0.39, 0.29) is 6.61 Å². The first-order chi connectivity index (χ1) is 8.15. The molecule has 2 rings (SSSR count). The van der Waals surface area contributed by atoms with Crippen molar-refractivity contribution in [2.45, 2.75) is 26.6 Å². The van der Waals surface area contributed by atoms with Crippen LogP contribution in [0.3, 0.4) is 0 Å². The van der Waals surface area contributed by atoms with E-state index in [9.17, 15) is 5.11 Å². The van der Waals surface area contributed by atoms with Crippen molar-refractivity contribution < 1.29 is 14.4 Å². The van der Waals surface area contributed by atoms with E-state index in [2.05, 4.69) is 10.1 Å². The minimum atomic E-state index is -0.510. The van der Waals surface area contributed by atoms with Crippen molar-refractivity contribution in [2.75, 3.05) is 0 Å². The molecule has 0 saturated heterocycles. The number of aromatic nitrogens is 2. The number of benzene rings is 1. The van der Waals surface area contributed by atoms with E-state index in [1.165, 1.54) is 0 Å². The Labute approximate surface area is 99.0 Å². The molecule has 5 nitrogen and oxygen atoms in total. The fourth-order valence-electron chi connectivity index (χ4n) is 1.41. The molecule has 1 atom stereocenters. The molecule has 0 bridgehead atoms. The molecule has 0 spiro atoms. The van der Waals surface area contributed by atoms with Crippen LogP contribution >= 0.6 is 0 Å². The second kappa shape index (κ2) is 4.97. The average molecular weight is 234 g/mol. The molecule has 1 aromatic heterocycles. The fraction of sp³-hybridized carbons (Fsp3) is 0.333. The first kappa shape index (κ1) is 11.6. The molecule has 1 heterocycles. The quantitative estimate of drug-likeness (QED) is 0.876. The van der Waals surface area contributed by atoms with E-state index in [4.69, 9.17) is 9.26 Å². The van der Waals surface area contributed by atoms with Crippen LogP contribution < -0.4 is 4.74 Å². The van der Waals surface area contributed by atoms with Gasteiger partial charge in [-0.3, -0.25) is 0 Å². The highest BCUT2D eigenvalue weighted by atomic mass is 16.5. The van der Waals surface area contributed by atoms with Crippen LogP contribution in [0.4, 0.5) is 0 Å². The monoisotopic (exact) mass is 234 g/mol. The second-order valence-electron chi connectivity index (χ2n) is 3.77. The Morgan fingerprint density at radius 3 is 2.94 bits per heavy atom. The van der Waals surface area contributed by atoms with Crippen LogP contribution in [0.25, 0.3) is 0 Å². The van der Waals surface area contributed by atoms with Gasteiger partial charge in [0.05, 0.1) is 6.10 Å². The van der Waals surface area contributed by atoms with Gasteiger partial charge in [0, 0.05) is 0 Å². The van der Waals surface area contributed by atoms with Gasteiger partial charge in [0.2, 0.25) is 0 Å². The Morgan fingerprint density at radius 2 is 2.29 bits per heavy atom. The van der Waals surface area contributed by atoms with Gasteiger partial charge in [-0.15, -0.1) is 0 Å². The van der Waals surface area contributed by atoms with Gasteiger partial charge in [-0.05, 0) is 31.5 Å². The lowest BCUT2D eigenvalue weighted by Gasteiger charge is -2.07. The van der Waals surface area contributed by atoms with Crippen molar-refractivity contribution in [1.82, 2.24) is 10.1 Å². The highest BCUT2D eigenvalue weighted by Gasteiger charge is 2.05. The van der Waals surface area contributed by atoms with Crippen LogP contribution in [0.1, 0.15) is 30.3 Å². The van der Waals surface area contributed by atoms with E-state index in [0.717, 1.165) is 5.56 Å². The van der Waals surface area contributed by atoms with Gasteiger partial charge in [0.25, 0.3) is 5.89 Å². The zero-order valence-corrected chi connectivity index (χ0v) is 9.75. The zero-order chi connectivity index (χ0) is 12.3. The number of aryl methyl sites for hydroxylation is 1. The van der Waals surface area contributed by atoms with Gasteiger partial charge in [-0.1, -0.05) is 17.3 Å². The lowest BCUT2D eigenvalue weighted by molar-refractivity contribution is 0.197. The maximum atomic E-state index is 9.44. The molecular weight excluding hydrogens is 220 g/mol. The first-order valence-corrected chi connectivity index (χ1v) is 5.35. The number of hydrogen-bond donors (Lipinski definition) is 1. The van der Waals surface area contributed by atoms with Gasteiger partial charge in [-0.25, -0.2) is 0 Å². The molecule has 0 amide bonds. The molecule has 0 saturated carbocycles. The summed E-state index contributed by atoms with van der Waals surface area (Å²) in [4.78, 5) is 4.03. The number of hydrogen-bond acceptors (Lipinski definition) is 5. The summed E-state index contributed by atoms with van der Waals surface area (Å²) in [6, 6.07) is 7.27. The van der Waals surface area contributed by atoms with Crippen LogP contribution in [-0.2, 0) is 6.61 Å². The lowest BCUT2D eigenvalue weighted by Crippen LogP contribution is -1.97. The summed E-state index contributed by atoms with van der Waals surface area (Å²) in [6.45, 7) is 3.69. The zero-order valence-electron chi connectivity index (χ0n) is 9.75. The lowest BCUT2D eigenvalue weighted by atomic mass is 10.1. The van der Waals surface area contributed by atoms with Gasteiger partial charge < -0.3 is 14.4 Å². The van der Waals surface area contributed by atoms with Crippen LogP contribution in [-0.4, -0.2) is 15.2 Å². The number of aliphatic hydroxyl groups excluding tert-OH is 1. The third-order valence-electron chi connectivity index (χ3n) is 2.27. The second-order valence-corrected chi connectivity index (χ2v) is 3.77. The van der Waals surface area contributed by atoms with Crippen LogP contribution in [0, 0.1) is 6.92 Å². The molecule has 0 unspecified atom stereocenters. The number of aliphatic hydroxyl groups is 1. The van der Waals surface area contributed by atoms with E-state index < -0.39 is 6.10 Å². The van der Waals surface area contributed by atoms with Gasteiger partial charge in [0.1, 0.15) is 5.75 Å². The number of rotatable bonds is 4. The summed E-state index contributed by atoms with van der Waals surface area (Å²) < 4.78 is 10.4. The molecule has 0 aliphatic rings.